The van der Waals surface area contributed by atoms with Gasteiger partial charge in [0.05, 0.1) is 22.6 Å². The molecule has 0 aliphatic carbocycles. The van der Waals surface area contributed by atoms with E-state index in [0.717, 1.165) is 6.07 Å². The van der Waals surface area contributed by atoms with Crippen LogP contribution in [-0.2, 0) is 36.9 Å². The number of rotatable bonds is 13. The van der Waals surface area contributed by atoms with Gasteiger partial charge in [-0.05, 0) is 84.8 Å². The van der Waals surface area contributed by atoms with Crippen molar-refractivity contribution in [2.45, 2.75) is 28.2 Å². The van der Waals surface area contributed by atoms with E-state index in [1.165, 1.54) is 60.2 Å². The van der Waals surface area contributed by atoms with Gasteiger partial charge in [0.25, 0.3) is 0 Å². The smallest absolute Gasteiger partial charge is 0.322 e. The lowest BCUT2D eigenvalue weighted by atomic mass is 10.1. The molecular weight excluding hydrogens is 848 g/mol. The summed E-state index contributed by atoms with van der Waals surface area (Å²) in [5.74, 6) is -0.0925. The average Bonchev–Trinajstić information content (AvgIpc) is 3.18. The fourth-order valence-electron chi connectivity index (χ4n) is 6.31. The lowest BCUT2D eigenvalue weighted by molar-refractivity contribution is -0.541. The first-order valence-corrected chi connectivity index (χ1v) is 21.8. The number of hydrogen-bond donors (Lipinski definition) is 2. The highest BCUT2D eigenvalue weighted by molar-refractivity contribution is 7.86. The van der Waals surface area contributed by atoms with E-state index < -0.39 is 40.1 Å². The van der Waals surface area contributed by atoms with E-state index in [2.05, 4.69) is 25.6 Å². The van der Waals surface area contributed by atoms with Crippen LogP contribution >= 0.6 is 11.6 Å². The summed E-state index contributed by atoms with van der Waals surface area (Å²) in [5, 5.41) is 5.51. The molecule has 0 saturated carbocycles. The first-order valence-electron chi connectivity index (χ1n) is 17.2. The number of para-hydroxylation sites is 1. The van der Waals surface area contributed by atoms with E-state index >= 15 is 0 Å². The maximum absolute atomic E-state index is 12.7. The molecule has 0 spiro atoms. The largest absolute Gasteiger partial charge is 0.744 e. The number of nitrogens with zero attached hydrogens (tertiary/aromatic N) is 6. The third-order valence-electron chi connectivity index (χ3n) is 8.90. The van der Waals surface area contributed by atoms with Crippen molar-refractivity contribution in [2.24, 2.45) is 0 Å². The normalized spacial score (nSPS) is 12.1. The lowest BCUT2D eigenvalue weighted by Gasteiger charge is -2.24. The molecule has 0 bridgehead atoms. The molecule has 0 saturated heterocycles. The van der Waals surface area contributed by atoms with Gasteiger partial charge in [-0.3, -0.25) is 0 Å². The van der Waals surface area contributed by atoms with E-state index in [1.54, 1.807) is 48.5 Å². The Balaban J connectivity index is 1.36. The van der Waals surface area contributed by atoms with Crippen molar-refractivity contribution in [1.29, 1.82) is 0 Å². The number of hydrogen-bond acceptors (Lipinski definition) is 17. The van der Waals surface area contributed by atoms with Crippen LogP contribution < -0.4 is 24.8 Å². The van der Waals surface area contributed by atoms with E-state index in [1.807, 2.05) is 11.8 Å². The summed E-state index contributed by atoms with van der Waals surface area (Å²) >= 11 is 5.93. The Bertz CT molecular complexity index is 3140. The van der Waals surface area contributed by atoms with Gasteiger partial charge >= 0.3 is 6.01 Å². The second-order valence-electron chi connectivity index (χ2n) is 12.7. The number of benzene rings is 5. The Hall–Kier alpha value is -6.07. The molecule has 2 aromatic heterocycles. The van der Waals surface area contributed by atoms with Crippen LogP contribution in [0.3, 0.4) is 0 Å². The van der Waals surface area contributed by atoms with Gasteiger partial charge in [-0.1, -0.05) is 24.3 Å². The van der Waals surface area contributed by atoms with Gasteiger partial charge in [-0.15, -0.1) is 4.57 Å². The predicted octanol–water partition coefficient (Wildman–Crippen LogP) is 4.74. The van der Waals surface area contributed by atoms with Gasteiger partial charge in [0, 0.05) is 48.4 Å². The number of ether oxygens (including phenoxy) is 1. The van der Waals surface area contributed by atoms with Crippen molar-refractivity contribution in [2.75, 3.05) is 29.2 Å². The van der Waals surface area contributed by atoms with Gasteiger partial charge in [0.2, 0.25) is 28.0 Å². The summed E-state index contributed by atoms with van der Waals surface area (Å²) in [6.07, 6.45) is 0. The molecule has 22 heteroatoms. The number of aromatic nitrogens is 5. The summed E-state index contributed by atoms with van der Waals surface area (Å²) in [4.78, 5) is 16.8. The third-order valence-corrected chi connectivity index (χ3v) is 11.7. The molecule has 0 radical (unpaired) electrons. The first kappa shape index (κ1) is 41.1. The summed E-state index contributed by atoms with van der Waals surface area (Å²) in [6.45, 7) is 2.46. The Morgan fingerprint density at radius 1 is 0.695 bits per heavy atom. The maximum atomic E-state index is 12.7. The maximum Gasteiger partial charge on any atom is 0.322 e. The molecule has 59 heavy (non-hydrogen) atoms. The highest BCUT2D eigenvalue weighted by Gasteiger charge is 2.26. The van der Waals surface area contributed by atoms with Gasteiger partial charge in [-0.25, -0.2) is 30.2 Å². The quantitative estimate of drug-likeness (QED) is 0.0900. The zero-order valence-corrected chi connectivity index (χ0v) is 33.8. The molecular formula is C37H29ClN8O10S3-2. The van der Waals surface area contributed by atoms with Crippen LogP contribution in [-0.4, -0.2) is 72.5 Å². The van der Waals surface area contributed by atoms with Crippen LogP contribution in [0.25, 0.3) is 27.8 Å². The molecule has 0 fully saturated rings. The van der Waals surface area contributed by atoms with Crippen LogP contribution in [0.2, 0.25) is 5.28 Å². The Morgan fingerprint density at radius 2 is 1.37 bits per heavy atom. The summed E-state index contributed by atoms with van der Waals surface area (Å²) < 4.78 is 117. The minimum Gasteiger partial charge on any atom is -0.744 e. The summed E-state index contributed by atoms with van der Waals surface area (Å²) in [6, 6.07) is 24.8. The van der Waals surface area contributed by atoms with E-state index in [9.17, 15) is 38.9 Å². The molecule has 2 heterocycles. The molecule has 0 aliphatic rings. The van der Waals surface area contributed by atoms with Crippen molar-refractivity contribution in [1.82, 2.24) is 19.9 Å². The second-order valence-corrected chi connectivity index (χ2v) is 17.1. The van der Waals surface area contributed by atoms with Crippen molar-refractivity contribution in [3.63, 3.8) is 0 Å². The molecule has 0 atom stereocenters. The molecule has 0 aliphatic heterocycles. The van der Waals surface area contributed by atoms with E-state index in [4.69, 9.17) is 21.3 Å². The van der Waals surface area contributed by atoms with E-state index in [-0.39, 0.29) is 56.9 Å². The van der Waals surface area contributed by atoms with Gasteiger partial charge < -0.3 is 33.9 Å². The fourth-order valence-corrected chi connectivity index (χ4v) is 8.32. The zero-order valence-electron chi connectivity index (χ0n) is 30.6. The second kappa shape index (κ2) is 15.9. The number of fused-ring (bicyclic) bond motifs is 2. The number of methoxy groups -OCH3 is 1. The molecule has 7 rings (SSSR count). The molecule has 0 amide bonds. The van der Waals surface area contributed by atoms with Crippen LogP contribution in [0.1, 0.15) is 12.5 Å². The van der Waals surface area contributed by atoms with Gasteiger partial charge in [-0.2, -0.15) is 15.0 Å². The Morgan fingerprint density at radius 3 is 2.07 bits per heavy atom. The van der Waals surface area contributed by atoms with Crippen molar-refractivity contribution in [3.05, 3.63) is 114 Å². The number of anilines is 5. The molecule has 2 N–H and O–H groups in total. The monoisotopic (exact) mass is 876 g/mol. The van der Waals surface area contributed by atoms with Crippen molar-refractivity contribution < 1.29 is 48.2 Å². The first-order chi connectivity index (χ1) is 27.9. The van der Waals surface area contributed by atoms with Gasteiger partial charge in [0.1, 0.15) is 46.3 Å². The third kappa shape index (κ3) is 9.00. The average molecular weight is 877 g/mol. The van der Waals surface area contributed by atoms with Crippen molar-refractivity contribution >= 4 is 92.7 Å². The molecule has 5 aromatic carbocycles. The van der Waals surface area contributed by atoms with Crippen LogP contribution in [0.15, 0.2) is 118 Å². The minimum atomic E-state index is -5.11. The van der Waals surface area contributed by atoms with E-state index in [0.29, 0.717) is 34.3 Å². The molecule has 304 valence electrons. The fraction of sp³-hybridized carbons (Fsp3) is 0.108. The highest BCUT2D eigenvalue weighted by Crippen LogP contribution is 2.32. The summed E-state index contributed by atoms with van der Waals surface area (Å²) in [5.41, 5.74) is 2.72. The van der Waals surface area contributed by atoms with Crippen LogP contribution in [0.5, 0.6) is 6.01 Å². The highest BCUT2D eigenvalue weighted by atomic mass is 35.5. The molecule has 18 nitrogen and oxygen atoms in total. The summed E-state index contributed by atoms with van der Waals surface area (Å²) in [7, 11) is -13.5. The Labute approximate surface area is 342 Å². The Kier molecular flexibility index (Phi) is 11.1. The topological polar surface area (TPSA) is 264 Å². The molecule has 0 unspecified atom stereocenters. The molecule has 7 aromatic rings. The van der Waals surface area contributed by atoms with Crippen LogP contribution in [0.4, 0.5) is 28.7 Å². The van der Waals surface area contributed by atoms with Gasteiger partial charge in [0.15, 0.2) is 0 Å². The van der Waals surface area contributed by atoms with Crippen LogP contribution in [0, 0.1) is 0 Å². The number of nitrogens with one attached hydrogen (secondary N) is 2. The predicted molar refractivity (Wildman–Crippen MR) is 212 cm³/mol. The standard InChI is InChI=1S/C37H31ClN8O10S3/c1-3-45(21-22-7-6-8-26(17-22)57(47,48)49)25-13-16-28-32(20-25)46(30-9-4-5-10-33(30)58(50,51)52)31-18-23(11-14-27(31)41-28)39-29-15-12-24(19-34(29)59(53,54)55)40-36-42-35(38)43-37(44-36)56-2/h4-20H,3,21H2,1-2H3,(H4,40,41,42,43,44,47,48,49,50,51,52,53,54,55)/p-2. The number of halogens is 1. The zero-order chi connectivity index (χ0) is 42.3. The SMILES string of the molecule is CCN(Cc1cccc(S(=O)(=O)[O-])c1)c1ccc2nc3ccc(Nc4ccc(Nc5nc(Cl)nc(OC)n5)cc4S(=O)(=O)[O-])cc3[n+](-c3ccccc3S(=O)(=O)[O-])c2c1. The lowest BCUT2D eigenvalue weighted by Crippen LogP contribution is -2.35. The minimum absolute atomic E-state index is 0.0149. The van der Waals surface area contributed by atoms with Crippen molar-refractivity contribution in [3.8, 4) is 11.7 Å².